The van der Waals surface area contributed by atoms with E-state index in [0.717, 1.165) is 35.5 Å². The van der Waals surface area contributed by atoms with E-state index in [1.54, 1.807) is 26.0 Å². The van der Waals surface area contributed by atoms with E-state index in [4.69, 9.17) is 42.5 Å². The van der Waals surface area contributed by atoms with Gasteiger partial charge < -0.3 is 28.8 Å². The number of rotatable bonds is 5. The first-order valence-corrected chi connectivity index (χ1v) is 13.5. The number of halogens is 2. The Morgan fingerprint density at radius 1 is 1.08 bits per heavy atom. The lowest BCUT2D eigenvalue weighted by atomic mass is 9.98. The van der Waals surface area contributed by atoms with Crippen molar-refractivity contribution in [2.75, 3.05) is 27.3 Å². The Bertz CT molecular complexity index is 1340. The first kappa shape index (κ1) is 28.8. The average Bonchev–Trinajstić information content (AvgIpc) is 3.24. The highest BCUT2D eigenvalue weighted by atomic mass is 35.5. The third kappa shape index (κ3) is 6.19. The molecule has 1 aromatic heterocycles. The minimum Gasteiger partial charge on any atom is -0.493 e. The molecule has 1 saturated heterocycles. The monoisotopic (exact) mass is 574 g/mol. The molecule has 1 unspecified atom stereocenters. The zero-order valence-corrected chi connectivity index (χ0v) is 23.7. The summed E-state index contributed by atoms with van der Waals surface area (Å²) >= 11 is 12.7. The number of carboxylic acid groups (broad SMARTS) is 1. The normalized spacial score (nSPS) is 18.1. The Kier molecular flexibility index (Phi) is 9.43. The molecule has 0 aliphatic carbocycles. The largest absolute Gasteiger partial charge is 0.493 e. The molecule has 0 radical (unpaired) electrons. The van der Waals surface area contributed by atoms with Crippen LogP contribution in [0.3, 0.4) is 0 Å². The summed E-state index contributed by atoms with van der Waals surface area (Å²) in [7, 11) is 3.24. The van der Waals surface area contributed by atoms with Crippen molar-refractivity contribution in [3.05, 3.63) is 75.5 Å². The summed E-state index contributed by atoms with van der Waals surface area (Å²) in [5, 5.41) is 10.0. The summed E-state index contributed by atoms with van der Waals surface area (Å²) in [6, 6.07) is 15.3. The van der Waals surface area contributed by atoms with Crippen molar-refractivity contribution < 1.29 is 28.9 Å². The Hall–Kier alpha value is -3.20. The highest BCUT2D eigenvalue weighted by Crippen LogP contribution is 2.43. The molecule has 2 aliphatic heterocycles. The van der Waals surface area contributed by atoms with Crippen molar-refractivity contribution in [2.45, 2.75) is 38.9 Å². The number of hydrogen-bond donors (Lipinski definition) is 1. The molecule has 3 aromatic rings. The van der Waals surface area contributed by atoms with Crippen LogP contribution in [0.2, 0.25) is 10.2 Å². The number of aromatic nitrogens is 1. The Morgan fingerprint density at radius 3 is 2.56 bits per heavy atom. The molecule has 1 N–H and O–H groups in total. The number of para-hydroxylation sites is 1. The van der Waals surface area contributed by atoms with Gasteiger partial charge in [-0.15, -0.1) is 0 Å². The van der Waals surface area contributed by atoms with E-state index < -0.39 is 5.97 Å². The van der Waals surface area contributed by atoms with Crippen LogP contribution in [-0.2, 0) is 20.9 Å². The Balaban J connectivity index is 0.000000229. The SMILES string of the molecule is CCC(=O)N1CCC[C@H](C(=O)O)C1.COc1cccc(C2OCc3ccc(Cl)n3-c3ccc(Cl)cc32)c1OC. The van der Waals surface area contributed by atoms with E-state index >= 15 is 0 Å². The van der Waals surface area contributed by atoms with Gasteiger partial charge in [-0.05, 0) is 49.2 Å². The van der Waals surface area contributed by atoms with E-state index in [-0.39, 0.29) is 17.9 Å². The molecule has 5 rings (SSSR count). The van der Waals surface area contributed by atoms with E-state index in [9.17, 15) is 9.59 Å². The summed E-state index contributed by atoms with van der Waals surface area (Å²) in [5.74, 6) is 0.214. The first-order valence-electron chi connectivity index (χ1n) is 12.8. The van der Waals surface area contributed by atoms with Gasteiger partial charge in [0.1, 0.15) is 11.3 Å². The fraction of sp³-hybridized carbons (Fsp3) is 0.379. The Morgan fingerprint density at radius 2 is 1.87 bits per heavy atom. The summed E-state index contributed by atoms with van der Waals surface area (Å²) in [6.07, 6.45) is 1.60. The van der Waals surface area contributed by atoms with Crippen LogP contribution in [0.15, 0.2) is 48.5 Å². The maximum Gasteiger partial charge on any atom is 0.308 e. The molecule has 2 aromatic carbocycles. The van der Waals surface area contributed by atoms with Crippen molar-refractivity contribution >= 4 is 35.1 Å². The predicted molar refractivity (Wildman–Crippen MR) is 149 cm³/mol. The van der Waals surface area contributed by atoms with Gasteiger partial charge >= 0.3 is 5.97 Å². The number of carbonyl (C=O) groups is 2. The van der Waals surface area contributed by atoms with Gasteiger partial charge in [0, 0.05) is 35.7 Å². The molecule has 0 saturated carbocycles. The quantitative estimate of drug-likeness (QED) is 0.393. The number of aliphatic carboxylic acids is 1. The third-order valence-electron chi connectivity index (χ3n) is 6.97. The van der Waals surface area contributed by atoms with Crippen LogP contribution in [0, 0.1) is 5.92 Å². The molecule has 39 heavy (non-hydrogen) atoms. The molecule has 2 atom stereocenters. The van der Waals surface area contributed by atoms with E-state index in [1.165, 1.54) is 0 Å². The number of likely N-dealkylation sites (tertiary alicyclic amines) is 1. The molecule has 0 spiro atoms. The topological polar surface area (TPSA) is 90.2 Å². The van der Waals surface area contributed by atoms with E-state index in [2.05, 4.69) is 0 Å². The first-order chi connectivity index (χ1) is 18.8. The lowest BCUT2D eigenvalue weighted by Crippen LogP contribution is -2.41. The fourth-order valence-electron chi connectivity index (χ4n) is 5.04. The molecule has 2 aliphatic rings. The number of carboxylic acids is 1. The zero-order valence-electron chi connectivity index (χ0n) is 22.2. The third-order valence-corrected chi connectivity index (χ3v) is 7.50. The molecular weight excluding hydrogens is 543 g/mol. The van der Waals surface area contributed by atoms with Crippen LogP contribution in [0.25, 0.3) is 5.69 Å². The van der Waals surface area contributed by atoms with Gasteiger partial charge in [0.05, 0.1) is 38.1 Å². The number of piperidine rings is 1. The molecule has 0 bridgehead atoms. The lowest BCUT2D eigenvalue weighted by molar-refractivity contribution is -0.145. The number of fused-ring (bicyclic) bond motifs is 3. The van der Waals surface area contributed by atoms with Crippen LogP contribution >= 0.6 is 23.2 Å². The van der Waals surface area contributed by atoms with Crippen LogP contribution in [0.1, 0.15) is 49.1 Å². The van der Waals surface area contributed by atoms with Crippen molar-refractivity contribution in [2.24, 2.45) is 5.92 Å². The minimum atomic E-state index is -0.784. The van der Waals surface area contributed by atoms with Gasteiger partial charge in [-0.1, -0.05) is 42.3 Å². The van der Waals surface area contributed by atoms with E-state index in [1.807, 2.05) is 53.1 Å². The van der Waals surface area contributed by atoms with Gasteiger partial charge in [0.15, 0.2) is 11.5 Å². The van der Waals surface area contributed by atoms with Crippen molar-refractivity contribution in [1.82, 2.24) is 9.47 Å². The van der Waals surface area contributed by atoms with Crippen LogP contribution in [0.4, 0.5) is 0 Å². The van der Waals surface area contributed by atoms with Gasteiger partial charge in [-0.3, -0.25) is 9.59 Å². The number of amides is 1. The molecular formula is C29H32Cl2N2O6. The highest BCUT2D eigenvalue weighted by Gasteiger charge is 2.29. The van der Waals surface area contributed by atoms with Gasteiger partial charge in [-0.2, -0.15) is 0 Å². The molecule has 208 valence electrons. The molecule has 1 fully saturated rings. The number of benzene rings is 2. The zero-order chi connectivity index (χ0) is 28.1. The molecule has 8 nitrogen and oxygen atoms in total. The summed E-state index contributed by atoms with van der Waals surface area (Å²) in [5.41, 5.74) is 3.70. The standard InChI is InChI=1S/C20H17Cl2NO3.C9H15NO3/c1-24-17-5-3-4-14(20(17)25-2)19-15-10-12(21)6-8-16(15)23-13(11-26-19)7-9-18(23)22;1-2-8(11)10-5-3-4-7(6-10)9(12)13/h3-10,19H,11H2,1-2H3;7H,2-6H2,1H3,(H,12,13)/t;7-/m.0/s1. The number of hydrogen-bond acceptors (Lipinski definition) is 5. The second-order valence-electron chi connectivity index (χ2n) is 9.33. The Labute approximate surface area is 238 Å². The maximum absolute atomic E-state index is 11.3. The van der Waals surface area contributed by atoms with E-state index in [0.29, 0.717) is 47.7 Å². The molecule has 1 amide bonds. The van der Waals surface area contributed by atoms with Gasteiger partial charge in [0.2, 0.25) is 5.91 Å². The highest BCUT2D eigenvalue weighted by molar-refractivity contribution is 6.31. The van der Waals surface area contributed by atoms with Crippen molar-refractivity contribution in [1.29, 1.82) is 0 Å². The van der Waals surface area contributed by atoms with Crippen LogP contribution in [0.5, 0.6) is 11.5 Å². The summed E-state index contributed by atoms with van der Waals surface area (Å²) < 4.78 is 19.3. The number of carbonyl (C=O) groups excluding carboxylic acids is 1. The van der Waals surface area contributed by atoms with Gasteiger partial charge in [0.25, 0.3) is 0 Å². The van der Waals surface area contributed by atoms with Crippen LogP contribution in [-0.4, -0.2) is 53.8 Å². The van der Waals surface area contributed by atoms with Crippen molar-refractivity contribution in [3.63, 3.8) is 0 Å². The summed E-state index contributed by atoms with van der Waals surface area (Å²) in [6.45, 7) is 3.31. The number of ether oxygens (including phenoxy) is 3. The van der Waals surface area contributed by atoms with Gasteiger partial charge in [-0.25, -0.2) is 0 Å². The predicted octanol–water partition coefficient (Wildman–Crippen LogP) is 6.14. The lowest BCUT2D eigenvalue weighted by Gasteiger charge is -2.30. The minimum absolute atomic E-state index is 0.0611. The maximum atomic E-state index is 11.3. The van der Waals surface area contributed by atoms with Crippen LogP contribution < -0.4 is 9.47 Å². The van der Waals surface area contributed by atoms with Crippen molar-refractivity contribution in [3.8, 4) is 17.2 Å². The summed E-state index contributed by atoms with van der Waals surface area (Å²) in [4.78, 5) is 23.6. The second kappa shape index (κ2) is 12.8. The number of methoxy groups -OCH3 is 2. The number of nitrogens with zero attached hydrogens (tertiary/aromatic N) is 2. The second-order valence-corrected chi connectivity index (χ2v) is 10.2. The molecule has 3 heterocycles. The average molecular weight is 575 g/mol. The molecule has 10 heteroatoms. The fourth-order valence-corrected chi connectivity index (χ4v) is 5.48. The smallest absolute Gasteiger partial charge is 0.308 e.